The maximum Gasteiger partial charge on any atom is 0.0370 e. The Morgan fingerprint density at radius 2 is 1.35 bits per heavy atom. The summed E-state index contributed by atoms with van der Waals surface area (Å²) in [5, 5.41) is 8.67. The van der Waals surface area contributed by atoms with Crippen LogP contribution in [0, 0.1) is 11.3 Å². The molecule has 3 aliphatic rings. The molecule has 31 heavy (non-hydrogen) atoms. The van der Waals surface area contributed by atoms with E-state index in [4.69, 9.17) is 0 Å². The highest BCUT2D eigenvalue weighted by Crippen LogP contribution is 2.62. The predicted octanol–water partition coefficient (Wildman–Crippen LogP) is 6.71. The standard InChI is InChI=1S/C27H50N2P2/c1-24(2,3)20-16-19(18-31(25(4,5)6)26(7,8)9)21(17-20)27(30,22-12-10-14-28-22)23-13-11-15-29-23/h16-17,19,22-23,28-29H,10-15,18,30H2,1-9H3. The van der Waals surface area contributed by atoms with Crippen molar-refractivity contribution in [3.8, 4) is 0 Å². The number of hydrogen-bond donors (Lipinski definition) is 2. The number of nitrogens with one attached hydrogen (secondary N) is 2. The van der Waals surface area contributed by atoms with Crippen LogP contribution in [-0.4, -0.2) is 46.8 Å². The molecule has 0 amide bonds. The lowest BCUT2D eigenvalue weighted by Crippen LogP contribution is -2.56. The van der Waals surface area contributed by atoms with E-state index in [1.165, 1.54) is 44.9 Å². The second-order valence-corrected chi connectivity index (χ2v) is 18.1. The Balaban J connectivity index is 2.05. The summed E-state index contributed by atoms with van der Waals surface area (Å²) in [6.45, 7) is 24.3. The Labute approximate surface area is 197 Å². The maximum absolute atomic E-state index is 3.92. The molecule has 0 aromatic carbocycles. The molecule has 0 aromatic heterocycles. The van der Waals surface area contributed by atoms with Gasteiger partial charge in [-0.1, -0.05) is 82.4 Å². The van der Waals surface area contributed by atoms with Crippen molar-refractivity contribution in [1.29, 1.82) is 0 Å². The minimum atomic E-state index is -0.142. The number of allylic oxidation sites excluding steroid dienone is 3. The maximum atomic E-state index is 3.92. The zero-order valence-electron chi connectivity index (χ0n) is 21.9. The van der Waals surface area contributed by atoms with E-state index in [9.17, 15) is 0 Å². The molecule has 0 spiro atoms. The zero-order chi connectivity index (χ0) is 23.2. The highest BCUT2D eigenvalue weighted by atomic mass is 31.1. The molecule has 2 nitrogen and oxygen atoms in total. The van der Waals surface area contributed by atoms with Crippen LogP contribution in [0.15, 0.2) is 23.3 Å². The van der Waals surface area contributed by atoms with Crippen molar-refractivity contribution in [2.24, 2.45) is 11.3 Å². The summed E-state index contributed by atoms with van der Waals surface area (Å²) in [7, 11) is 3.29. The first kappa shape index (κ1) is 25.9. The van der Waals surface area contributed by atoms with E-state index in [0.717, 1.165) is 0 Å². The van der Waals surface area contributed by atoms with E-state index in [2.05, 4.69) is 94.3 Å². The van der Waals surface area contributed by atoms with Gasteiger partial charge in [-0.25, -0.2) is 0 Å². The van der Waals surface area contributed by atoms with E-state index in [1.54, 1.807) is 11.1 Å². The van der Waals surface area contributed by atoms with Crippen molar-refractivity contribution in [3.63, 3.8) is 0 Å². The first-order valence-corrected chi connectivity index (χ1v) is 14.7. The van der Waals surface area contributed by atoms with Crippen molar-refractivity contribution < 1.29 is 0 Å². The topological polar surface area (TPSA) is 24.1 Å². The molecule has 2 heterocycles. The molecule has 2 aliphatic heterocycles. The van der Waals surface area contributed by atoms with E-state index >= 15 is 0 Å². The summed E-state index contributed by atoms with van der Waals surface area (Å²) in [6, 6.07) is 1.12. The molecule has 4 heteroatoms. The van der Waals surface area contributed by atoms with Gasteiger partial charge in [-0.05, 0) is 71.8 Å². The van der Waals surface area contributed by atoms with Crippen molar-refractivity contribution in [2.45, 2.75) is 116 Å². The fourth-order valence-electron chi connectivity index (χ4n) is 6.27. The first-order valence-electron chi connectivity index (χ1n) is 12.6. The molecule has 1 aliphatic carbocycles. The third-order valence-corrected chi connectivity index (χ3v) is 12.9. The van der Waals surface area contributed by atoms with Gasteiger partial charge in [0, 0.05) is 23.2 Å². The number of hydrogen-bond acceptors (Lipinski definition) is 2. The van der Waals surface area contributed by atoms with Gasteiger partial charge >= 0.3 is 0 Å². The lowest BCUT2D eigenvalue weighted by molar-refractivity contribution is 0.373. The monoisotopic (exact) mass is 464 g/mol. The third-order valence-electron chi connectivity index (χ3n) is 7.73. The van der Waals surface area contributed by atoms with Crippen molar-refractivity contribution in [1.82, 2.24) is 10.6 Å². The molecule has 178 valence electrons. The van der Waals surface area contributed by atoms with Gasteiger partial charge in [-0.2, -0.15) is 0 Å². The van der Waals surface area contributed by atoms with Crippen LogP contribution in [0.1, 0.15) is 88.0 Å². The summed E-state index contributed by atoms with van der Waals surface area (Å²) in [5.74, 6) is 0.557. The molecule has 2 N–H and O–H groups in total. The highest BCUT2D eigenvalue weighted by Gasteiger charge is 2.50. The molecule has 0 aromatic rings. The molecular formula is C27H50N2P2. The van der Waals surface area contributed by atoms with E-state index < -0.39 is 0 Å². The normalized spacial score (nSPS) is 30.0. The predicted molar refractivity (Wildman–Crippen MR) is 145 cm³/mol. The zero-order valence-corrected chi connectivity index (χ0v) is 23.9. The van der Waals surface area contributed by atoms with Crippen molar-refractivity contribution in [2.75, 3.05) is 19.3 Å². The minimum absolute atomic E-state index is 0.109. The van der Waals surface area contributed by atoms with Crippen LogP contribution < -0.4 is 10.6 Å². The lowest BCUT2D eigenvalue weighted by Gasteiger charge is -2.47. The van der Waals surface area contributed by atoms with Gasteiger partial charge in [0.25, 0.3) is 0 Å². The summed E-state index contributed by atoms with van der Waals surface area (Å²) >= 11 is 0. The Morgan fingerprint density at radius 1 is 0.871 bits per heavy atom. The highest BCUT2D eigenvalue weighted by molar-refractivity contribution is 7.60. The molecule has 4 atom stereocenters. The summed E-state index contributed by atoms with van der Waals surface area (Å²) in [4.78, 5) is 0. The van der Waals surface area contributed by atoms with E-state index in [-0.39, 0.29) is 18.5 Å². The summed E-state index contributed by atoms with van der Waals surface area (Å²) in [6.07, 6.45) is 11.8. The second kappa shape index (κ2) is 9.13. The van der Waals surface area contributed by atoms with Gasteiger partial charge < -0.3 is 10.6 Å². The van der Waals surface area contributed by atoms with Crippen LogP contribution in [0.4, 0.5) is 0 Å². The SMILES string of the molecule is CC(C)(C)C1=CC(CP(C(C)(C)C)C(C)(C)C)C(C(P)(C2CCCN2)C2CCCN2)=C1. The molecule has 0 bridgehead atoms. The summed E-state index contributed by atoms with van der Waals surface area (Å²) < 4.78 is 0. The Bertz CT molecular complexity index is 660. The first-order chi connectivity index (χ1) is 14.1. The van der Waals surface area contributed by atoms with Gasteiger partial charge in [0.1, 0.15) is 0 Å². The Morgan fingerprint density at radius 3 is 1.71 bits per heavy atom. The quantitative estimate of drug-likeness (QED) is 0.442. The van der Waals surface area contributed by atoms with Crippen molar-refractivity contribution >= 4 is 17.2 Å². The molecule has 2 saturated heterocycles. The fraction of sp³-hybridized carbons (Fsp3) is 0.852. The molecule has 0 saturated carbocycles. The Hall–Kier alpha value is 0.260. The van der Waals surface area contributed by atoms with Gasteiger partial charge in [-0.15, -0.1) is 9.24 Å². The fourth-order valence-corrected chi connectivity index (χ4v) is 10.9. The van der Waals surface area contributed by atoms with Crippen LogP contribution in [0.3, 0.4) is 0 Å². The lowest BCUT2D eigenvalue weighted by atomic mass is 9.78. The van der Waals surface area contributed by atoms with E-state index in [1.807, 2.05) is 0 Å². The van der Waals surface area contributed by atoms with Gasteiger partial charge in [-0.3, -0.25) is 0 Å². The van der Waals surface area contributed by atoms with Gasteiger partial charge in [0.05, 0.1) is 0 Å². The van der Waals surface area contributed by atoms with Crippen LogP contribution in [-0.2, 0) is 0 Å². The third kappa shape index (κ3) is 5.50. The van der Waals surface area contributed by atoms with Crippen LogP contribution in [0.2, 0.25) is 0 Å². The van der Waals surface area contributed by atoms with Crippen LogP contribution in [0.5, 0.6) is 0 Å². The van der Waals surface area contributed by atoms with Crippen LogP contribution in [0.25, 0.3) is 0 Å². The smallest absolute Gasteiger partial charge is 0.0370 e. The van der Waals surface area contributed by atoms with Crippen molar-refractivity contribution in [3.05, 3.63) is 23.3 Å². The molecule has 0 radical (unpaired) electrons. The number of rotatable bonds is 5. The van der Waals surface area contributed by atoms with E-state index in [0.29, 0.717) is 28.3 Å². The molecule has 2 fully saturated rings. The minimum Gasteiger partial charge on any atom is -0.313 e. The van der Waals surface area contributed by atoms with Gasteiger partial charge in [0.2, 0.25) is 0 Å². The Kier molecular flexibility index (Phi) is 7.62. The largest absolute Gasteiger partial charge is 0.313 e. The average Bonchev–Trinajstić information content (AvgIpc) is 3.38. The summed E-state index contributed by atoms with van der Waals surface area (Å²) in [5.41, 5.74) is 3.44. The molecule has 4 unspecified atom stereocenters. The molecular weight excluding hydrogens is 414 g/mol. The molecule has 3 rings (SSSR count). The average molecular weight is 465 g/mol. The van der Waals surface area contributed by atoms with Gasteiger partial charge in [0.15, 0.2) is 0 Å². The second-order valence-electron chi connectivity index (χ2n) is 13.3. The van der Waals surface area contributed by atoms with Crippen LogP contribution >= 0.6 is 17.2 Å².